The maximum Gasteiger partial charge on any atom is 0.326 e. The Kier molecular flexibility index (Phi) is 6.96. The number of methoxy groups -OCH3 is 1. The van der Waals surface area contributed by atoms with E-state index in [0.717, 1.165) is 7.11 Å². The van der Waals surface area contributed by atoms with E-state index in [4.69, 9.17) is 10.8 Å². The number of hydrogen-bond donors (Lipinski definition) is 3. The highest BCUT2D eigenvalue weighted by atomic mass is 16.5. The van der Waals surface area contributed by atoms with Gasteiger partial charge < -0.3 is 20.9 Å². The average molecular weight is 260 g/mol. The lowest BCUT2D eigenvalue weighted by atomic mass is 10.0. The van der Waals surface area contributed by atoms with Crippen molar-refractivity contribution in [1.29, 1.82) is 0 Å². The van der Waals surface area contributed by atoms with E-state index in [1.165, 1.54) is 0 Å². The molecular weight excluding hydrogens is 240 g/mol. The van der Waals surface area contributed by atoms with Crippen molar-refractivity contribution in [3.8, 4) is 0 Å². The molecule has 0 aromatic carbocycles. The van der Waals surface area contributed by atoms with Gasteiger partial charge in [0.25, 0.3) is 0 Å². The van der Waals surface area contributed by atoms with Gasteiger partial charge in [0.2, 0.25) is 5.91 Å². The highest BCUT2D eigenvalue weighted by molar-refractivity contribution is 5.87. The Morgan fingerprint density at radius 2 is 1.83 bits per heavy atom. The lowest BCUT2D eigenvalue weighted by molar-refractivity contribution is -0.148. The molecule has 1 amide bonds. The first-order chi connectivity index (χ1) is 8.27. The normalized spacial score (nSPS) is 13.8. The molecule has 2 atom stereocenters. The van der Waals surface area contributed by atoms with Crippen LogP contribution in [0.15, 0.2) is 0 Å². The minimum absolute atomic E-state index is 0.0165. The fourth-order valence-corrected chi connectivity index (χ4v) is 1.15. The van der Waals surface area contributed by atoms with Crippen LogP contribution in [0.1, 0.15) is 26.7 Å². The monoisotopic (exact) mass is 260 g/mol. The summed E-state index contributed by atoms with van der Waals surface area (Å²) in [7, 11) is 1.15. The summed E-state index contributed by atoms with van der Waals surface area (Å²) in [5.41, 5.74) is 5.70. The first-order valence-corrected chi connectivity index (χ1v) is 5.62. The van der Waals surface area contributed by atoms with Crippen LogP contribution in [0.25, 0.3) is 0 Å². The lowest BCUT2D eigenvalue weighted by Crippen LogP contribution is -2.44. The zero-order chi connectivity index (χ0) is 14.3. The predicted octanol–water partition coefficient (Wildman–Crippen LogP) is -0.508. The van der Waals surface area contributed by atoms with Gasteiger partial charge in [-0.25, -0.2) is 4.79 Å². The van der Waals surface area contributed by atoms with Crippen LogP contribution in [0.3, 0.4) is 0 Å². The number of carbonyl (C=O) groups is 3. The van der Waals surface area contributed by atoms with Crippen molar-refractivity contribution in [2.45, 2.75) is 38.8 Å². The van der Waals surface area contributed by atoms with Crippen molar-refractivity contribution in [1.82, 2.24) is 5.32 Å². The number of aliphatic carboxylic acids is 1. The summed E-state index contributed by atoms with van der Waals surface area (Å²) in [5.74, 6) is -2.37. The average Bonchev–Trinajstić information content (AvgIpc) is 2.27. The van der Waals surface area contributed by atoms with Crippen molar-refractivity contribution in [2.75, 3.05) is 7.11 Å². The van der Waals surface area contributed by atoms with Gasteiger partial charge in [0.15, 0.2) is 0 Å². The molecule has 0 rings (SSSR count). The maximum absolute atomic E-state index is 11.5. The number of rotatable bonds is 7. The molecule has 104 valence electrons. The minimum atomic E-state index is -1.29. The highest BCUT2D eigenvalue weighted by Gasteiger charge is 2.24. The van der Waals surface area contributed by atoms with E-state index in [-0.39, 0.29) is 18.4 Å². The van der Waals surface area contributed by atoms with Crippen molar-refractivity contribution in [3.05, 3.63) is 0 Å². The van der Waals surface area contributed by atoms with Crippen LogP contribution >= 0.6 is 0 Å². The molecule has 7 heteroatoms. The third kappa shape index (κ3) is 6.19. The Morgan fingerprint density at radius 1 is 1.28 bits per heavy atom. The molecule has 7 nitrogen and oxygen atoms in total. The standard InChI is InChI=1S/C11H20N2O5/c1-6(2)7(12)4-9(14)13-8(11(16)17)5-10(15)18-3/h6-8H,4-5,12H2,1-3H3,(H,13,14)(H,16,17)/t7?,8-/m0/s1. The van der Waals surface area contributed by atoms with Crippen molar-refractivity contribution in [2.24, 2.45) is 11.7 Å². The van der Waals surface area contributed by atoms with Gasteiger partial charge in [0.1, 0.15) is 6.04 Å². The number of nitrogens with two attached hydrogens (primary N) is 1. The number of ether oxygens (including phenoxy) is 1. The van der Waals surface area contributed by atoms with Crippen LogP contribution in [-0.2, 0) is 19.1 Å². The summed E-state index contributed by atoms with van der Waals surface area (Å²) in [5, 5.41) is 11.1. The largest absolute Gasteiger partial charge is 0.480 e. The van der Waals surface area contributed by atoms with Gasteiger partial charge >= 0.3 is 11.9 Å². The molecule has 0 heterocycles. The summed E-state index contributed by atoms with van der Waals surface area (Å²) in [6.45, 7) is 3.72. The fourth-order valence-electron chi connectivity index (χ4n) is 1.15. The fraction of sp³-hybridized carbons (Fsp3) is 0.727. The molecule has 18 heavy (non-hydrogen) atoms. The van der Waals surface area contributed by atoms with Gasteiger partial charge in [0, 0.05) is 12.5 Å². The Balaban J connectivity index is 4.37. The van der Waals surface area contributed by atoms with Crippen LogP contribution in [0.5, 0.6) is 0 Å². The Hall–Kier alpha value is -1.63. The van der Waals surface area contributed by atoms with Crippen LogP contribution in [-0.4, -0.2) is 42.1 Å². The van der Waals surface area contributed by atoms with Gasteiger partial charge in [-0.3, -0.25) is 9.59 Å². The number of amides is 1. The van der Waals surface area contributed by atoms with Crippen LogP contribution in [0.2, 0.25) is 0 Å². The summed E-state index contributed by atoms with van der Waals surface area (Å²) in [6, 6.07) is -1.64. The van der Waals surface area contributed by atoms with Crippen LogP contribution in [0.4, 0.5) is 0 Å². The first kappa shape index (κ1) is 16.4. The number of nitrogens with one attached hydrogen (secondary N) is 1. The van der Waals surface area contributed by atoms with Gasteiger partial charge in [-0.2, -0.15) is 0 Å². The number of esters is 1. The van der Waals surface area contributed by atoms with E-state index >= 15 is 0 Å². The van der Waals surface area contributed by atoms with E-state index in [1.807, 2.05) is 13.8 Å². The molecule has 0 spiro atoms. The van der Waals surface area contributed by atoms with Crippen LogP contribution < -0.4 is 11.1 Å². The zero-order valence-electron chi connectivity index (χ0n) is 10.8. The van der Waals surface area contributed by atoms with Crippen LogP contribution in [0, 0.1) is 5.92 Å². The molecule has 1 unspecified atom stereocenters. The van der Waals surface area contributed by atoms with E-state index in [9.17, 15) is 14.4 Å². The molecule has 0 aliphatic heterocycles. The summed E-state index contributed by atoms with van der Waals surface area (Å²) in [6.07, 6.45) is -0.392. The van der Waals surface area contributed by atoms with Crippen molar-refractivity contribution in [3.63, 3.8) is 0 Å². The SMILES string of the molecule is COC(=O)C[C@H](NC(=O)CC(N)C(C)C)C(=O)O. The van der Waals surface area contributed by atoms with Gasteiger partial charge in [-0.15, -0.1) is 0 Å². The topological polar surface area (TPSA) is 119 Å². The smallest absolute Gasteiger partial charge is 0.326 e. The molecular formula is C11H20N2O5. The van der Waals surface area contributed by atoms with E-state index in [2.05, 4.69) is 10.1 Å². The molecule has 0 saturated carbocycles. The molecule has 0 radical (unpaired) electrons. The molecule has 0 saturated heterocycles. The van der Waals surface area contributed by atoms with Crippen molar-refractivity contribution >= 4 is 17.8 Å². The molecule has 0 aromatic heterocycles. The molecule has 0 aromatic rings. The quantitative estimate of drug-likeness (QED) is 0.530. The summed E-state index contributed by atoms with van der Waals surface area (Å²) < 4.78 is 4.35. The molecule has 0 bridgehead atoms. The second-order valence-corrected chi connectivity index (χ2v) is 4.35. The Bertz CT molecular complexity index is 317. The minimum Gasteiger partial charge on any atom is -0.480 e. The third-order valence-corrected chi connectivity index (χ3v) is 2.51. The number of carboxylic acid groups (broad SMARTS) is 1. The van der Waals surface area contributed by atoms with Gasteiger partial charge in [-0.05, 0) is 5.92 Å². The van der Waals surface area contributed by atoms with Crippen molar-refractivity contribution < 1.29 is 24.2 Å². The zero-order valence-corrected chi connectivity index (χ0v) is 10.8. The van der Waals surface area contributed by atoms with Gasteiger partial charge in [-0.1, -0.05) is 13.8 Å². The number of hydrogen-bond acceptors (Lipinski definition) is 5. The van der Waals surface area contributed by atoms with Gasteiger partial charge in [0.05, 0.1) is 13.5 Å². The van der Waals surface area contributed by atoms with E-state index in [1.54, 1.807) is 0 Å². The summed E-state index contributed by atoms with van der Waals surface area (Å²) >= 11 is 0. The molecule has 0 aliphatic carbocycles. The second-order valence-electron chi connectivity index (χ2n) is 4.35. The lowest BCUT2D eigenvalue weighted by Gasteiger charge is -2.17. The second kappa shape index (κ2) is 7.65. The Morgan fingerprint density at radius 3 is 2.22 bits per heavy atom. The molecule has 0 fully saturated rings. The third-order valence-electron chi connectivity index (χ3n) is 2.51. The number of carboxylic acids is 1. The first-order valence-electron chi connectivity index (χ1n) is 5.62. The van der Waals surface area contributed by atoms with E-state index < -0.39 is 30.3 Å². The number of carbonyl (C=O) groups excluding carboxylic acids is 2. The highest BCUT2D eigenvalue weighted by Crippen LogP contribution is 2.03. The van der Waals surface area contributed by atoms with E-state index in [0.29, 0.717) is 0 Å². The molecule has 4 N–H and O–H groups in total. The summed E-state index contributed by atoms with van der Waals surface area (Å²) in [4.78, 5) is 33.4. The predicted molar refractivity (Wildman–Crippen MR) is 63.6 cm³/mol. The molecule has 0 aliphatic rings. The maximum atomic E-state index is 11.5. The Labute approximate surface area is 106 Å².